The number of piperidine rings is 1. The van der Waals surface area contributed by atoms with Crippen molar-refractivity contribution in [2.45, 2.75) is 63.6 Å². The minimum Gasteiger partial charge on any atom is -0.312 e. The molecule has 1 aliphatic heterocycles. The molecule has 1 N–H and O–H groups in total. The first-order chi connectivity index (χ1) is 9.72. The second kappa shape index (κ2) is 5.87. The molecule has 1 fully saturated rings. The van der Waals surface area contributed by atoms with E-state index >= 15 is 0 Å². The molecule has 2 heteroatoms. The molecule has 1 heterocycles. The molecule has 0 saturated carbocycles. The van der Waals surface area contributed by atoms with Crippen LogP contribution in [0, 0.1) is 0 Å². The van der Waals surface area contributed by atoms with Crippen molar-refractivity contribution in [3.05, 3.63) is 35.4 Å². The quantitative estimate of drug-likeness (QED) is 0.883. The van der Waals surface area contributed by atoms with Crippen LogP contribution in [0.25, 0.3) is 0 Å². The van der Waals surface area contributed by atoms with E-state index in [1.165, 1.54) is 37.8 Å². The number of benzene rings is 1. The second-order valence-electron chi connectivity index (χ2n) is 6.68. The lowest BCUT2D eigenvalue weighted by Crippen LogP contribution is -2.52. The van der Waals surface area contributed by atoms with Gasteiger partial charge in [0.25, 0.3) is 0 Å². The summed E-state index contributed by atoms with van der Waals surface area (Å²) in [7, 11) is 2.12. The van der Waals surface area contributed by atoms with Gasteiger partial charge in [-0.2, -0.15) is 0 Å². The number of nitrogens with one attached hydrogen (secondary N) is 1. The number of hydrogen-bond donors (Lipinski definition) is 1. The van der Waals surface area contributed by atoms with Crippen LogP contribution in [0.2, 0.25) is 0 Å². The predicted molar refractivity (Wildman–Crippen MR) is 85.1 cm³/mol. The smallest absolute Gasteiger partial charge is 0.0478 e. The van der Waals surface area contributed by atoms with Crippen LogP contribution in [0.3, 0.4) is 0 Å². The lowest BCUT2D eigenvalue weighted by molar-refractivity contribution is 0.0680. The Labute approximate surface area is 123 Å². The van der Waals surface area contributed by atoms with E-state index < -0.39 is 0 Å². The fourth-order valence-electron chi connectivity index (χ4n) is 4.36. The lowest BCUT2D eigenvalue weighted by atomic mass is 9.76. The Bertz CT molecular complexity index is 456. The Balaban J connectivity index is 1.92. The van der Waals surface area contributed by atoms with Gasteiger partial charge in [0.2, 0.25) is 0 Å². The zero-order valence-corrected chi connectivity index (χ0v) is 13.1. The summed E-state index contributed by atoms with van der Waals surface area (Å²) >= 11 is 0. The predicted octanol–water partition coefficient (Wildman–Crippen LogP) is 3.70. The molecule has 0 bridgehead atoms. The van der Waals surface area contributed by atoms with Crippen molar-refractivity contribution in [1.29, 1.82) is 0 Å². The Morgan fingerprint density at radius 3 is 2.55 bits per heavy atom. The van der Waals surface area contributed by atoms with Gasteiger partial charge in [-0.15, -0.1) is 0 Å². The molecule has 110 valence electrons. The summed E-state index contributed by atoms with van der Waals surface area (Å²) in [5.74, 6) is 0.676. The molecule has 0 radical (unpaired) electrons. The summed E-state index contributed by atoms with van der Waals surface area (Å²) in [6.45, 7) is 6.09. The highest BCUT2D eigenvalue weighted by Crippen LogP contribution is 2.41. The second-order valence-corrected chi connectivity index (χ2v) is 6.68. The highest BCUT2D eigenvalue weighted by molar-refractivity contribution is 5.36. The van der Waals surface area contributed by atoms with Crippen LogP contribution in [-0.2, 0) is 0 Å². The third-order valence-electron chi connectivity index (χ3n) is 5.43. The van der Waals surface area contributed by atoms with Gasteiger partial charge >= 0.3 is 0 Å². The molecule has 2 aliphatic rings. The molecule has 2 nitrogen and oxygen atoms in total. The Morgan fingerprint density at radius 2 is 1.85 bits per heavy atom. The van der Waals surface area contributed by atoms with Gasteiger partial charge in [0.05, 0.1) is 0 Å². The van der Waals surface area contributed by atoms with Gasteiger partial charge in [-0.25, -0.2) is 0 Å². The standard InChI is InChI=1S/C18H28N2/c1-13-12-17(20-11-7-6-8-14(20)2)18(19-3)16-10-5-4-9-15(13)16/h4-5,9-10,13-14,17-19H,6-8,11-12H2,1-3H3. The highest BCUT2D eigenvalue weighted by atomic mass is 15.2. The largest absolute Gasteiger partial charge is 0.312 e. The van der Waals surface area contributed by atoms with E-state index in [9.17, 15) is 0 Å². The van der Waals surface area contributed by atoms with Crippen LogP contribution in [0.5, 0.6) is 0 Å². The van der Waals surface area contributed by atoms with Gasteiger partial charge in [0.15, 0.2) is 0 Å². The fraction of sp³-hybridized carbons (Fsp3) is 0.667. The summed E-state index contributed by atoms with van der Waals surface area (Å²) in [5, 5.41) is 3.61. The van der Waals surface area contributed by atoms with Gasteiger partial charge in [0, 0.05) is 18.1 Å². The molecular weight excluding hydrogens is 244 g/mol. The molecule has 4 atom stereocenters. The molecule has 0 amide bonds. The average Bonchev–Trinajstić information content (AvgIpc) is 2.48. The summed E-state index contributed by atoms with van der Waals surface area (Å²) in [6, 6.07) is 10.9. The Hall–Kier alpha value is -0.860. The average molecular weight is 272 g/mol. The minimum atomic E-state index is 0.489. The van der Waals surface area contributed by atoms with E-state index in [4.69, 9.17) is 0 Å². The lowest BCUT2D eigenvalue weighted by Gasteiger charge is -2.47. The van der Waals surface area contributed by atoms with E-state index in [1.54, 1.807) is 5.56 Å². The zero-order valence-electron chi connectivity index (χ0n) is 13.1. The van der Waals surface area contributed by atoms with Crippen LogP contribution in [0.4, 0.5) is 0 Å². The molecule has 1 saturated heterocycles. The highest BCUT2D eigenvalue weighted by Gasteiger charge is 2.37. The van der Waals surface area contributed by atoms with Crippen molar-refractivity contribution in [3.63, 3.8) is 0 Å². The Kier molecular flexibility index (Phi) is 4.13. The number of hydrogen-bond acceptors (Lipinski definition) is 2. The van der Waals surface area contributed by atoms with Crippen molar-refractivity contribution in [2.75, 3.05) is 13.6 Å². The number of rotatable bonds is 2. The van der Waals surface area contributed by atoms with Crippen molar-refractivity contribution in [3.8, 4) is 0 Å². The van der Waals surface area contributed by atoms with E-state index in [0.717, 1.165) is 6.04 Å². The number of nitrogens with zero attached hydrogens (tertiary/aromatic N) is 1. The number of likely N-dealkylation sites (tertiary alicyclic amines) is 1. The van der Waals surface area contributed by atoms with Gasteiger partial charge in [-0.1, -0.05) is 37.6 Å². The number of likely N-dealkylation sites (N-methyl/N-ethyl adjacent to an activating group) is 1. The molecule has 3 rings (SSSR count). The van der Waals surface area contributed by atoms with Crippen LogP contribution in [0.1, 0.15) is 62.6 Å². The van der Waals surface area contributed by atoms with Crippen molar-refractivity contribution in [2.24, 2.45) is 0 Å². The molecule has 0 aromatic heterocycles. The first kappa shape index (κ1) is 14.1. The summed E-state index contributed by atoms with van der Waals surface area (Å²) < 4.78 is 0. The topological polar surface area (TPSA) is 15.3 Å². The van der Waals surface area contributed by atoms with Crippen LogP contribution < -0.4 is 5.32 Å². The van der Waals surface area contributed by atoms with E-state index in [2.05, 4.69) is 55.4 Å². The maximum Gasteiger partial charge on any atom is 0.0478 e. The van der Waals surface area contributed by atoms with Crippen molar-refractivity contribution in [1.82, 2.24) is 10.2 Å². The third kappa shape index (κ3) is 2.40. The molecule has 1 aromatic rings. The monoisotopic (exact) mass is 272 g/mol. The first-order valence-electron chi connectivity index (χ1n) is 8.24. The van der Waals surface area contributed by atoms with E-state index in [0.29, 0.717) is 18.0 Å². The minimum absolute atomic E-state index is 0.489. The van der Waals surface area contributed by atoms with Gasteiger partial charge < -0.3 is 5.32 Å². The SMILES string of the molecule is CNC1c2ccccc2C(C)CC1N1CCCCC1C. The van der Waals surface area contributed by atoms with Crippen LogP contribution >= 0.6 is 0 Å². The normalized spacial score (nSPS) is 34.8. The maximum absolute atomic E-state index is 3.61. The van der Waals surface area contributed by atoms with Crippen LogP contribution in [0.15, 0.2) is 24.3 Å². The first-order valence-corrected chi connectivity index (χ1v) is 8.24. The van der Waals surface area contributed by atoms with Crippen LogP contribution in [-0.4, -0.2) is 30.6 Å². The van der Waals surface area contributed by atoms with Gasteiger partial charge in [0.1, 0.15) is 0 Å². The molecule has 4 unspecified atom stereocenters. The third-order valence-corrected chi connectivity index (χ3v) is 5.43. The van der Waals surface area contributed by atoms with E-state index in [1.807, 2.05) is 0 Å². The zero-order chi connectivity index (χ0) is 14.1. The Morgan fingerprint density at radius 1 is 1.10 bits per heavy atom. The van der Waals surface area contributed by atoms with Crippen molar-refractivity contribution >= 4 is 0 Å². The molecule has 0 spiro atoms. The summed E-state index contributed by atoms with van der Waals surface area (Å²) in [5.41, 5.74) is 3.07. The molecule has 1 aliphatic carbocycles. The number of fused-ring (bicyclic) bond motifs is 1. The van der Waals surface area contributed by atoms with Crippen molar-refractivity contribution < 1.29 is 0 Å². The summed E-state index contributed by atoms with van der Waals surface area (Å²) in [4.78, 5) is 2.77. The fourth-order valence-corrected chi connectivity index (χ4v) is 4.36. The molecular formula is C18H28N2. The van der Waals surface area contributed by atoms with Gasteiger partial charge in [-0.3, -0.25) is 4.90 Å². The summed E-state index contributed by atoms with van der Waals surface area (Å²) in [6.07, 6.45) is 5.42. The van der Waals surface area contributed by atoms with E-state index in [-0.39, 0.29) is 0 Å². The molecule has 1 aromatic carbocycles. The maximum atomic E-state index is 3.61. The van der Waals surface area contributed by atoms with Gasteiger partial charge in [-0.05, 0) is 56.8 Å². The molecule has 20 heavy (non-hydrogen) atoms.